The maximum atomic E-state index is 9.96. The van der Waals surface area contributed by atoms with Crippen molar-refractivity contribution in [3.8, 4) is 0 Å². The standard InChI is InChI=1S/C6H6O3.C6H4O3.O2/c2*7-3-5-1-2-6(4-8)9-5;1-2/h1-3,8H,4H2;1-4H;. The van der Waals surface area contributed by atoms with Crippen LogP contribution in [-0.2, 0) is 6.61 Å². The van der Waals surface area contributed by atoms with Crippen LogP contribution in [0.2, 0.25) is 0 Å². The Balaban J connectivity index is 0.000000321. The van der Waals surface area contributed by atoms with Gasteiger partial charge in [0.2, 0.25) is 0 Å². The molecule has 8 nitrogen and oxygen atoms in total. The number of hydrogen-bond donors (Lipinski definition) is 1. The van der Waals surface area contributed by atoms with Crippen molar-refractivity contribution in [2.24, 2.45) is 0 Å². The largest absolute Gasteiger partial charge is 0.456 e. The lowest BCUT2D eigenvalue weighted by Gasteiger charge is -1.82. The van der Waals surface area contributed by atoms with Crippen LogP contribution in [0.15, 0.2) is 33.1 Å². The summed E-state index contributed by atoms with van der Waals surface area (Å²) < 4.78 is 9.41. The van der Waals surface area contributed by atoms with E-state index in [-0.39, 0.29) is 23.9 Å². The Morgan fingerprint density at radius 1 is 0.800 bits per heavy atom. The van der Waals surface area contributed by atoms with Gasteiger partial charge in [-0.15, -0.1) is 0 Å². The summed E-state index contributed by atoms with van der Waals surface area (Å²) in [5.41, 5.74) is 0. The van der Waals surface area contributed by atoms with E-state index in [1.165, 1.54) is 18.2 Å². The van der Waals surface area contributed by atoms with Crippen LogP contribution < -0.4 is 0 Å². The Morgan fingerprint density at radius 3 is 1.45 bits per heavy atom. The molecule has 106 valence electrons. The van der Waals surface area contributed by atoms with Gasteiger partial charge in [-0.2, -0.15) is 0 Å². The Bertz CT molecular complexity index is 517. The maximum Gasteiger partial charge on any atom is 0.185 e. The third kappa shape index (κ3) is 5.65. The summed E-state index contributed by atoms with van der Waals surface area (Å²) in [7, 11) is 0. The quantitative estimate of drug-likeness (QED) is 0.835. The second kappa shape index (κ2) is 10.1. The van der Waals surface area contributed by atoms with E-state index in [4.69, 9.17) is 19.5 Å². The number of furan rings is 2. The van der Waals surface area contributed by atoms with Crippen molar-refractivity contribution < 1.29 is 28.3 Å². The van der Waals surface area contributed by atoms with Crippen LogP contribution in [0.3, 0.4) is 0 Å². The van der Waals surface area contributed by atoms with Gasteiger partial charge >= 0.3 is 0 Å². The van der Waals surface area contributed by atoms with Crippen LogP contribution in [0, 0.1) is 9.93 Å². The Hall–Kier alpha value is -2.87. The van der Waals surface area contributed by atoms with Gasteiger partial charge in [-0.25, -0.2) is 0 Å². The average molecular weight is 282 g/mol. The van der Waals surface area contributed by atoms with Gasteiger partial charge in [0.1, 0.15) is 12.4 Å². The maximum absolute atomic E-state index is 9.96. The van der Waals surface area contributed by atoms with Crippen molar-refractivity contribution >= 4 is 18.9 Å². The normalized spacial score (nSPS) is 8.45. The molecule has 1 N–H and O–H groups in total. The third-order valence-corrected chi connectivity index (χ3v) is 1.83. The summed E-state index contributed by atoms with van der Waals surface area (Å²) in [6, 6.07) is 5.95. The minimum atomic E-state index is -0.159. The topological polar surface area (TPSA) is 132 Å². The van der Waals surface area contributed by atoms with E-state index in [1.54, 1.807) is 6.07 Å². The molecule has 0 unspecified atom stereocenters. The summed E-state index contributed by atoms with van der Waals surface area (Å²) in [5, 5.41) is 8.44. The van der Waals surface area contributed by atoms with Gasteiger partial charge in [-0.05, 0) is 24.3 Å². The van der Waals surface area contributed by atoms with Crippen LogP contribution in [0.4, 0.5) is 0 Å². The molecule has 0 aromatic carbocycles. The van der Waals surface area contributed by atoms with E-state index in [1.807, 2.05) is 0 Å². The predicted octanol–water partition coefficient (Wildman–Crippen LogP) is 1.56. The molecule has 0 aliphatic carbocycles. The van der Waals surface area contributed by atoms with Crippen molar-refractivity contribution in [1.82, 2.24) is 0 Å². The number of carbonyl (C=O) groups is 3. The average Bonchev–Trinajstić information content (AvgIpc) is 3.18. The van der Waals surface area contributed by atoms with E-state index in [9.17, 15) is 14.4 Å². The number of aliphatic hydroxyl groups excluding tert-OH is 1. The van der Waals surface area contributed by atoms with Crippen molar-refractivity contribution in [1.29, 1.82) is 0 Å². The SMILES string of the molecule is O=Cc1ccc(C=O)o1.O=Cc1ccc(CO)o1.O=O. The first-order chi connectivity index (χ1) is 9.73. The number of rotatable bonds is 4. The fourth-order valence-corrected chi connectivity index (χ4v) is 1.04. The van der Waals surface area contributed by atoms with Crippen molar-refractivity contribution in [3.63, 3.8) is 0 Å². The molecule has 2 heterocycles. The summed E-state index contributed by atoms with van der Waals surface area (Å²) in [4.78, 5) is 43.8. The molecule has 0 amide bonds. The van der Waals surface area contributed by atoms with Crippen LogP contribution in [0.25, 0.3) is 0 Å². The molecular formula is C12H10O8. The summed E-state index contributed by atoms with van der Waals surface area (Å²) in [5.74, 6) is 1.02. The molecule has 0 bridgehead atoms. The summed E-state index contributed by atoms with van der Waals surface area (Å²) >= 11 is 0. The van der Waals surface area contributed by atoms with Gasteiger partial charge in [0.05, 0.1) is 0 Å². The molecule has 0 saturated heterocycles. The minimum absolute atomic E-state index is 0.159. The van der Waals surface area contributed by atoms with E-state index in [0.717, 1.165) is 0 Å². The zero-order valence-electron chi connectivity index (χ0n) is 10.1. The second-order valence-electron chi connectivity index (χ2n) is 3.06. The smallest absolute Gasteiger partial charge is 0.185 e. The van der Waals surface area contributed by atoms with Crippen LogP contribution in [0.5, 0.6) is 0 Å². The third-order valence-electron chi connectivity index (χ3n) is 1.83. The van der Waals surface area contributed by atoms with Gasteiger partial charge in [-0.3, -0.25) is 14.4 Å². The number of aliphatic hydroxyl groups is 1. The highest BCUT2D eigenvalue weighted by Crippen LogP contribution is 2.04. The molecule has 0 fully saturated rings. The van der Waals surface area contributed by atoms with Crippen LogP contribution >= 0.6 is 0 Å². The van der Waals surface area contributed by atoms with Crippen molar-refractivity contribution in [2.75, 3.05) is 0 Å². The minimum Gasteiger partial charge on any atom is -0.456 e. The second-order valence-corrected chi connectivity index (χ2v) is 3.06. The molecule has 2 rings (SSSR count). The number of aldehydes is 3. The van der Waals surface area contributed by atoms with Gasteiger partial charge in [0.15, 0.2) is 36.1 Å². The molecule has 20 heavy (non-hydrogen) atoms. The van der Waals surface area contributed by atoms with Crippen molar-refractivity contribution in [3.05, 3.63) is 57.2 Å². The first kappa shape index (κ1) is 17.1. The Labute approximate surface area is 112 Å². The van der Waals surface area contributed by atoms with Gasteiger partial charge in [0.25, 0.3) is 0 Å². The highest BCUT2D eigenvalue weighted by atomic mass is 16.7. The van der Waals surface area contributed by atoms with Gasteiger partial charge < -0.3 is 13.9 Å². The van der Waals surface area contributed by atoms with E-state index in [2.05, 4.69) is 4.42 Å². The molecule has 8 heteroatoms. The molecule has 0 radical (unpaired) electrons. The van der Waals surface area contributed by atoms with Gasteiger partial charge in [0, 0.05) is 9.93 Å². The predicted molar refractivity (Wildman–Crippen MR) is 66.2 cm³/mol. The van der Waals surface area contributed by atoms with Crippen molar-refractivity contribution in [2.45, 2.75) is 6.61 Å². The highest BCUT2D eigenvalue weighted by Gasteiger charge is 1.97. The van der Waals surface area contributed by atoms with E-state index in [0.29, 0.717) is 24.6 Å². The molecule has 0 saturated carbocycles. The monoisotopic (exact) mass is 282 g/mol. The zero-order chi connectivity index (χ0) is 15.4. The van der Waals surface area contributed by atoms with E-state index >= 15 is 0 Å². The molecule has 2 aromatic rings. The Kier molecular flexibility index (Phi) is 8.64. The molecule has 0 aliphatic heterocycles. The highest BCUT2D eigenvalue weighted by molar-refractivity contribution is 5.75. The van der Waals surface area contributed by atoms with Crippen LogP contribution in [0.1, 0.15) is 37.4 Å². The zero-order valence-corrected chi connectivity index (χ0v) is 10.1. The summed E-state index contributed by atoms with van der Waals surface area (Å²) in [6.07, 6.45) is 1.69. The van der Waals surface area contributed by atoms with Gasteiger partial charge in [-0.1, -0.05) is 0 Å². The molecule has 2 aromatic heterocycles. The lowest BCUT2D eigenvalue weighted by atomic mass is 10.4. The fraction of sp³-hybridized carbons (Fsp3) is 0.0833. The molecule has 0 atom stereocenters. The van der Waals surface area contributed by atoms with E-state index < -0.39 is 0 Å². The lowest BCUT2D eigenvalue weighted by molar-refractivity contribution is 0.107. The lowest BCUT2D eigenvalue weighted by Crippen LogP contribution is -1.74. The first-order valence-corrected chi connectivity index (χ1v) is 5.05. The molecular weight excluding hydrogens is 272 g/mol. The number of carbonyl (C=O) groups excluding carboxylic acids is 3. The number of hydrogen-bond acceptors (Lipinski definition) is 8. The Morgan fingerprint density at radius 2 is 1.20 bits per heavy atom. The fourth-order valence-electron chi connectivity index (χ4n) is 1.04. The first-order valence-electron chi connectivity index (χ1n) is 5.05. The van der Waals surface area contributed by atoms with Crippen LogP contribution in [-0.4, -0.2) is 24.0 Å². The molecule has 0 spiro atoms. The summed E-state index contributed by atoms with van der Waals surface area (Å²) in [6.45, 7) is -0.159. The molecule has 0 aliphatic rings.